The standard InChI is InChI=1S/C22H18BrFN2O2S/c1-14(21(27)26-20-5-3-2-4-19(20)23)29-18-12-10-17(11-13-18)25-22(28)15-6-8-16(24)9-7-15/h2-14H,1H3,(H,25,28)(H,26,27). The summed E-state index contributed by atoms with van der Waals surface area (Å²) in [5.74, 6) is -0.803. The zero-order valence-electron chi connectivity index (χ0n) is 15.5. The van der Waals surface area contributed by atoms with Crippen LogP contribution in [0.1, 0.15) is 17.3 Å². The van der Waals surface area contributed by atoms with E-state index in [2.05, 4.69) is 26.6 Å². The van der Waals surface area contributed by atoms with Crippen LogP contribution in [0.25, 0.3) is 0 Å². The number of anilines is 2. The Hall–Kier alpha value is -2.64. The van der Waals surface area contributed by atoms with Gasteiger partial charge in [0.25, 0.3) is 5.91 Å². The monoisotopic (exact) mass is 472 g/mol. The van der Waals surface area contributed by atoms with Crippen molar-refractivity contribution in [2.24, 2.45) is 0 Å². The van der Waals surface area contributed by atoms with Crippen molar-refractivity contribution in [3.8, 4) is 0 Å². The third-order valence-corrected chi connectivity index (χ3v) is 5.84. The van der Waals surface area contributed by atoms with E-state index in [1.54, 1.807) is 12.1 Å². The number of amides is 2. The van der Waals surface area contributed by atoms with Gasteiger partial charge in [-0.05, 0) is 83.5 Å². The predicted molar refractivity (Wildman–Crippen MR) is 119 cm³/mol. The number of rotatable bonds is 6. The molecular formula is C22H18BrFN2O2S. The van der Waals surface area contributed by atoms with Crippen LogP contribution in [0, 0.1) is 5.82 Å². The minimum atomic E-state index is -0.388. The molecule has 0 saturated carbocycles. The summed E-state index contributed by atoms with van der Waals surface area (Å²) in [5.41, 5.74) is 1.72. The molecular weight excluding hydrogens is 455 g/mol. The molecule has 2 amide bonds. The molecule has 0 fully saturated rings. The van der Waals surface area contributed by atoms with E-state index >= 15 is 0 Å². The molecule has 0 heterocycles. The lowest BCUT2D eigenvalue weighted by Crippen LogP contribution is -2.22. The topological polar surface area (TPSA) is 58.2 Å². The van der Waals surface area contributed by atoms with Gasteiger partial charge < -0.3 is 10.6 Å². The molecule has 0 bridgehead atoms. The fraction of sp³-hybridized carbons (Fsp3) is 0.0909. The lowest BCUT2D eigenvalue weighted by atomic mass is 10.2. The van der Waals surface area contributed by atoms with Crippen LogP contribution in [-0.4, -0.2) is 17.1 Å². The van der Waals surface area contributed by atoms with Gasteiger partial charge in [-0.2, -0.15) is 0 Å². The highest BCUT2D eigenvalue weighted by Gasteiger charge is 2.15. The zero-order chi connectivity index (χ0) is 20.8. The molecule has 148 valence electrons. The Labute approximate surface area is 181 Å². The number of para-hydroxylation sites is 1. The molecule has 2 N–H and O–H groups in total. The first-order valence-electron chi connectivity index (χ1n) is 8.81. The van der Waals surface area contributed by atoms with Crippen molar-refractivity contribution < 1.29 is 14.0 Å². The van der Waals surface area contributed by atoms with Crippen LogP contribution in [-0.2, 0) is 4.79 Å². The third kappa shape index (κ3) is 5.92. The molecule has 7 heteroatoms. The Kier molecular flexibility index (Phi) is 7.06. The zero-order valence-corrected chi connectivity index (χ0v) is 17.9. The third-order valence-electron chi connectivity index (χ3n) is 4.03. The van der Waals surface area contributed by atoms with E-state index < -0.39 is 0 Å². The summed E-state index contributed by atoms with van der Waals surface area (Å²) in [6.07, 6.45) is 0. The minimum Gasteiger partial charge on any atom is -0.324 e. The summed E-state index contributed by atoms with van der Waals surface area (Å²) in [6, 6.07) is 20.0. The van der Waals surface area contributed by atoms with E-state index in [0.29, 0.717) is 11.3 Å². The molecule has 1 atom stereocenters. The summed E-state index contributed by atoms with van der Waals surface area (Å²) < 4.78 is 13.8. The number of halogens is 2. The molecule has 0 saturated heterocycles. The lowest BCUT2D eigenvalue weighted by molar-refractivity contribution is -0.115. The van der Waals surface area contributed by atoms with Crippen molar-refractivity contribution in [1.82, 2.24) is 0 Å². The Bertz CT molecular complexity index is 1010. The maximum absolute atomic E-state index is 13.0. The number of hydrogen-bond acceptors (Lipinski definition) is 3. The van der Waals surface area contributed by atoms with Crippen LogP contribution in [0.5, 0.6) is 0 Å². The Morgan fingerprint density at radius 2 is 1.59 bits per heavy atom. The Morgan fingerprint density at radius 3 is 2.24 bits per heavy atom. The van der Waals surface area contributed by atoms with Crippen LogP contribution in [0.15, 0.2) is 82.2 Å². The highest BCUT2D eigenvalue weighted by molar-refractivity contribution is 9.10. The van der Waals surface area contributed by atoms with E-state index in [9.17, 15) is 14.0 Å². The quantitative estimate of drug-likeness (QED) is 0.435. The van der Waals surface area contributed by atoms with Gasteiger partial charge >= 0.3 is 0 Å². The van der Waals surface area contributed by atoms with Gasteiger partial charge in [0.2, 0.25) is 5.91 Å². The SMILES string of the molecule is CC(Sc1ccc(NC(=O)c2ccc(F)cc2)cc1)C(=O)Nc1ccccc1Br. The molecule has 3 rings (SSSR count). The average molecular weight is 473 g/mol. The average Bonchev–Trinajstić information content (AvgIpc) is 2.71. The van der Waals surface area contributed by atoms with Gasteiger partial charge in [-0.1, -0.05) is 12.1 Å². The molecule has 0 aliphatic rings. The smallest absolute Gasteiger partial charge is 0.255 e. The first kappa shape index (κ1) is 21.1. The fourth-order valence-corrected chi connectivity index (χ4v) is 3.73. The van der Waals surface area contributed by atoms with Gasteiger partial charge in [0.15, 0.2) is 0 Å². The van der Waals surface area contributed by atoms with E-state index in [-0.39, 0.29) is 22.9 Å². The summed E-state index contributed by atoms with van der Waals surface area (Å²) in [7, 11) is 0. The second kappa shape index (κ2) is 9.71. The number of thioether (sulfide) groups is 1. The molecule has 0 aliphatic carbocycles. The Balaban J connectivity index is 1.57. The number of hydrogen-bond donors (Lipinski definition) is 2. The fourth-order valence-electron chi connectivity index (χ4n) is 2.48. The number of benzene rings is 3. The molecule has 3 aromatic carbocycles. The van der Waals surface area contributed by atoms with Crippen molar-refractivity contribution in [2.45, 2.75) is 17.1 Å². The van der Waals surface area contributed by atoms with Crippen LogP contribution >= 0.6 is 27.7 Å². The highest BCUT2D eigenvalue weighted by Crippen LogP contribution is 2.27. The van der Waals surface area contributed by atoms with E-state index in [1.165, 1.54) is 36.0 Å². The van der Waals surface area contributed by atoms with Crippen LogP contribution in [0.3, 0.4) is 0 Å². The van der Waals surface area contributed by atoms with Crippen molar-refractivity contribution in [1.29, 1.82) is 0 Å². The largest absolute Gasteiger partial charge is 0.324 e. The minimum absolute atomic E-state index is 0.101. The first-order valence-corrected chi connectivity index (χ1v) is 10.5. The van der Waals surface area contributed by atoms with E-state index in [1.807, 2.05) is 43.3 Å². The van der Waals surface area contributed by atoms with Gasteiger partial charge in [0.1, 0.15) is 5.82 Å². The van der Waals surface area contributed by atoms with E-state index in [4.69, 9.17) is 0 Å². The van der Waals surface area contributed by atoms with Gasteiger partial charge in [0, 0.05) is 20.6 Å². The predicted octanol–water partition coefficient (Wildman–Crippen LogP) is 5.96. The van der Waals surface area contributed by atoms with Gasteiger partial charge in [0.05, 0.1) is 10.9 Å². The molecule has 0 radical (unpaired) electrons. The van der Waals surface area contributed by atoms with Crippen LogP contribution in [0.2, 0.25) is 0 Å². The second-order valence-corrected chi connectivity index (χ2v) is 8.48. The molecule has 29 heavy (non-hydrogen) atoms. The summed E-state index contributed by atoms with van der Waals surface area (Å²) in [4.78, 5) is 25.5. The Morgan fingerprint density at radius 1 is 0.931 bits per heavy atom. The van der Waals surface area contributed by atoms with Crippen LogP contribution in [0.4, 0.5) is 15.8 Å². The van der Waals surface area contributed by atoms with Crippen molar-refractivity contribution in [2.75, 3.05) is 10.6 Å². The van der Waals surface area contributed by atoms with Crippen LogP contribution < -0.4 is 10.6 Å². The maximum atomic E-state index is 13.0. The number of carbonyl (C=O) groups excluding carboxylic acids is 2. The second-order valence-electron chi connectivity index (χ2n) is 6.21. The molecule has 3 aromatic rings. The highest BCUT2D eigenvalue weighted by atomic mass is 79.9. The van der Waals surface area contributed by atoms with Crippen molar-refractivity contribution in [3.05, 3.63) is 88.6 Å². The van der Waals surface area contributed by atoms with Crippen molar-refractivity contribution >= 4 is 50.9 Å². The molecule has 4 nitrogen and oxygen atoms in total. The number of carbonyl (C=O) groups is 2. The molecule has 0 aromatic heterocycles. The summed E-state index contributed by atoms with van der Waals surface area (Å²) in [6.45, 7) is 1.83. The summed E-state index contributed by atoms with van der Waals surface area (Å²) in [5, 5.41) is 5.36. The maximum Gasteiger partial charge on any atom is 0.255 e. The van der Waals surface area contributed by atoms with Gasteiger partial charge in [-0.15, -0.1) is 11.8 Å². The van der Waals surface area contributed by atoms with Gasteiger partial charge in [-0.25, -0.2) is 4.39 Å². The molecule has 0 aliphatic heterocycles. The lowest BCUT2D eigenvalue weighted by Gasteiger charge is -2.13. The molecule has 1 unspecified atom stereocenters. The molecule has 0 spiro atoms. The first-order chi connectivity index (χ1) is 13.9. The van der Waals surface area contributed by atoms with E-state index in [0.717, 1.165) is 15.1 Å². The van der Waals surface area contributed by atoms with Gasteiger partial charge in [-0.3, -0.25) is 9.59 Å². The normalized spacial score (nSPS) is 11.6. The van der Waals surface area contributed by atoms with Crippen molar-refractivity contribution in [3.63, 3.8) is 0 Å². The number of nitrogens with one attached hydrogen (secondary N) is 2. The summed E-state index contributed by atoms with van der Waals surface area (Å²) >= 11 is 4.83.